The summed E-state index contributed by atoms with van der Waals surface area (Å²) in [6.45, 7) is 8.49. The number of benzene rings is 1. The van der Waals surface area contributed by atoms with Crippen molar-refractivity contribution in [1.29, 1.82) is 0 Å². The Hall–Kier alpha value is -2.67. The van der Waals surface area contributed by atoms with Crippen LogP contribution in [0.5, 0.6) is 0 Å². The van der Waals surface area contributed by atoms with Crippen LogP contribution in [-0.4, -0.2) is 52.5 Å². The molecule has 8 atom stereocenters. The second kappa shape index (κ2) is 8.44. The molecule has 1 aromatic carbocycles. The lowest BCUT2D eigenvalue weighted by Crippen LogP contribution is -2.58. The van der Waals surface area contributed by atoms with E-state index >= 15 is 0 Å². The Morgan fingerprint density at radius 1 is 1.06 bits per heavy atom. The number of likely N-dealkylation sites (tertiary alicyclic amines) is 1. The number of nitrogens with one attached hydrogen (secondary N) is 2. The Kier molecular flexibility index (Phi) is 5.56. The minimum atomic E-state index is -1.08. The van der Waals surface area contributed by atoms with Gasteiger partial charge in [0.25, 0.3) is 0 Å². The predicted molar refractivity (Wildman–Crippen MR) is 136 cm³/mol. The van der Waals surface area contributed by atoms with Crippen LogP contribution < -0.4 is 10.6 Å². The number of rotatable bonds is 5. The Labute approximate surface area is 213 Å². The maximum Gasteiger partial charge on any atom is 0.246 e. The number of fused-ring (bicyclic) bond motifs is 1. The first kappa shape index (κ1) is 23.7. The third-order valence-electron chi connectivity index (χ3n) is 9.61. The maximum absolute atomic E-state index is 13.9. The van der Waals surface area contributed by atoms with Gasteiger partial charge in [0.2, 0.25) is 17.7 Å². The summed E-state index contributed by atoms with van der Waals surface area (Å²) in [5, 5.41) is 6.34. The van der Waals surface area contributed by atoms with Gasteiger partial charge >= 0.3 is 0 Å². The fourth-order valence-corrected chi connectivity index (χ4v) is 7.04. The van der Waals surface area contributed by atoms with Crippen molar-refractivity contribution in [2.24, 2.45) is 23.7 Å². The monoisotopic (exact) mass is 491 g/mol. The van der Waals surface area contributed by atoms with Gasteiger partial charge in [-0.3, -0.25) is 14.4 Å². The van der Waals surface area contributed by atoms with Gasteiger partial charge in [0.1, 0.15) is 11.6 Å². The topological polar surface area (TPSA) is 87.7 Å². The zero-order valence-corrected chi connectivity index (χ0v) is 21.6. The van der Waals surface area contributed by atoms with E-state index in [4.69, 9.17) is 4.74 Å². The van der Waals surface area contributed by atoms with E-state index in [2.05, 4.69) is 24.5 Å². The van der Waals surface area contributed by atoms with Crippen LogP contribution in [0.1, 0.15) is 57.1 Å². The molecular weight excluding hydrogens is 454 g/mol. The van der Waals surface area contributed by atoms with Gasteiger partial charge in [-0.25, -0.2) is 0 Å². The summed E-state index contributed by atoms with van der Waals surface area (Å²) in [5.74, 6) is -0.875. The molecule has 2 bridgehead atoms. The van der Waals surface area contributed by atoms with Gasteiger partial charge < -0.3 is 20.3 Å². The zero-order chi connectivity index (χ0) is 25.4. The van der Waals surface area contributed by atoms with Crippen molar-refractivity contribution in [1.82, 2.24) is 10.2 Å². The van der Waals surface area contributed by atoms with Crippen molar-refractivity contribution < 1.29 is 19.1 Å². The molecule has 192 valence electrons. The van der Waals surface area contributed by atoms with Crippen molar-refractivity contribution in [3.63, 3.8) is 0 Å². The number of carbonyl (C=O) groups is 3. The summed E-state index contributed by atoms with van der Waals surface area (Å²) < 4.78 is 6.45. The summed E-state index contributed by atoms with van der Waals surface area (Å²) in [7, 11) is 0. The number of nitrogens with zero attached hydrogens (tertiary/aromatic N) is 1. The fourth-order valence-electron chi connectivity index (χ4n) is 7.04. The molecule has 7 nitrogen and oxygen atoms in total. The second-order valence-electron chi connectivity index (χ2n) is 11.8. The van der Waals surface area contributed by atoms with Gasteiger partial charge in [-0.1, -0.05) is 44.9 Å². The molecule has 1 aromatic rings. The number of hydrogen-bond acceptors (Lipinski definition) is 4. The predicted octanol–water partition coefficient (Wildman–Crippen LogP) is 3.50. The molecule has 4 fully saturated rings. The Morgan fingerprint density at radius 2 is 1.83 bits per heavy atom. The minimum Gasteiger partial charge on any atom is -0.359 e. The number of carbonyl (C=O) groups excluding carboxylic acids is 3. The summed E-state index contributed by atoms with van der Waals surface area (Å²) in [6.07, 6.45) is 8.30. The van der Waals surface area contributed by atoms with Crippen molar-refractivity contribution in [2.45, 2.75) is 89.6 Å². The molecule has 3 amide bonds. The molecule has 7 heteroatoms. The van der Waals surface area contributed by atoms with Crippen LogP contribution in [-0.2, 0) is 19.1 Å². The quantitative estimate of drug-likeness (QED) is 0.618. The second-order valence-corrected chi connectivity index (χ2v) is 11.8. The first-order valence-electron chi connectivity index (χ1n) is 13.6. The number of aryl methyl sites for hydroxylation is 2. The molecule has 2 aliphatic carbocycles. The van der Waals surface area contributed by atoms with E-state index < -0.39 is 29.6 Å². The van der Waals surface area contributed by atoms with Crippen LogP contribution >= 0.6 is 0 Å². The minimum absolute atomic E-state index is 0.0513. The van der Waals surface area contributed by atoms with Gasteiger partial charge in [0, 0.05) is 17.8 Å². The van der Waals surface area contributed by atoms with Crippen LogP contribution in [0.25, 0.3) is 0 Å². The molecule has 2 saturated heterocycles. The van der Waals surface area contributed by atoms with Crippen molar-refractivity contribution in [2.75, 3.05) is 5.32 Å². The molecule has 2 saturated carbocycles. The van der Waals surface area contributed by atoms with Crippen molar-refractivity contribution in [3.05, 3.63) is 41.5 Å². The lowest BCUT2D eigenvalue weighted by atomic mass is 9.73. The van der Waals surface area contributed by atoms with E-state index in [0.717, 1.165) is 36.8 Å². The van der Waals surface area contributed by atoms with E-state index in [0.29, 0.717) is 17.5 Å². The van der Waals surface area contributed by atoms with Gasteiger partial charge in [-0.2, -0.15) is 0 Å². The maximum atomic E-state index is 13.9. The summed E-state index contributed by atoms with van der Waals surface area (Å²) in [4.78, 5) is 43.1. The van der Waals surface area contributed by atoms with Crippen LogP contribution in [0.4, 0.5) is 5.69 Å². The van der Waals surface area contributed by atoms with E-state index in [1.165, 1.54) is 6.42 Å². The van der Waals surface area contributed by atoms with Crippen LogP contribution in [0.15, 0.2) is 30.4 Å². The van der Waals surface area contributed by atoms with Gasteiger partial charge in [0.05, 0.1) is 17.9 Å². The largest absolute Gasteiger partial charge is 0.359 e. The molecular formula is C29H37N3O4. The van der Waals surface area contributed by atoms with Gasteiger partial charge in [0.15, 0.2) is 0 Å². The molecule has 2 N–H and O–H groups in total. The smallest absolute Gasteiger partial charge is 0.246 e. The lowest BCUT2D eigenvalue weighted by Gasteiger charge is -2.38. The number of amides is 3. The van der Waals surface area contributed by atoms with E-state index in [9.17, 15) is 14.4 Å². The summed E-state index contributed by atoms with van der Waals surface area (Å²) in [5.41, 5.74) is 1.87. The lowest BCUT2D eigenvalue weighted by molar-refractivity contribution is -0.142. The van der Waals surface area contributed by atoms with Crippen LogP contribution in [0.2, 0.25) is 0 Å². The standard InChI is InChI=1S/C29H37N3O4/c1-15-8-9-19(14-17(15)3)30-26(33)23-22-12-13-29(36-22)24(23)28(35)32(20-10-11-20)25(29)27(34)31-21-7-5-6-16(2)18(21)4/h8-9,12-14,16,18,20-25H,5-7,10-11H2,1-4H3,(H,30,33)(H,31,34)/t16-,18-,21+,22-,23+,24-,25-,29-/m0/s1. The molecule has 0 radical (unpaired) electrons. The van der Waals surface area contributed by atoms with Crippen LogP contribution in [0.3, 0.4) is 0 Å². The van der Waals surface area contributed by atoms with Crippen LogP contribution in [0, 0.1) is 37.5 Å². The molecule has 0 aromatic heterocycles. The van der Waals surface area contributed by atoms with Crippen molar-refractivity contribution >= 4 is 23.4 Å². The summed E-state index contributed by atoms with van der Waals surface area (Å²) in [6, 6.07) is 5.23. The molecule has 1 spiro atoms. The van der Waals surface area contributed by atoms with E-state index in [1.807, 2.05) is 44.2 Å². The number of anilines is 1. The normalized spacial score (nSPS) is 38.8. The highest BCUT2D eigenvalue weighted by atomic mass is 16.5. The Morgan fingerprint density at radius 3 is 2.56 bits per heavy atom. The molecule has 3 aliphatic heterocycles. The SMILES string of the molecule is Cc1ccc(NC(=O)[C@@H]2[C@@H]3C=C[C@]4(O3)[C@@H]2C(=O)N(C2CC2)[C@H]4C(=O)N[C@@H]2CCC[C@H](C)[C@@H]2C)cc1C. The van der Waals surface area contributed by atoms with E-state index in [1.54, 1.807) is 4.90 Å². The Bertz CT molecular complexity index is 1140. The highest BCUT2D eigenvalue weighted by Gasteiger charge is 2.74. The molecule has 0 unspecified atom stereocenters. The average Bonchev–Trinajstić information content (AvgIpc) is 3.43. The average molecular weight is 492 g/mol. The zero-order valence-electron chi connectivity index (χ0n) is 21.6. The van der Waals surface area contributed by atoms with Gasteiger partial charge in [-0.05, 0) is 68.2 Å². The number of hydrogen-bond donors (Lipinski definition) is 2. The first-order valence-corrected chi connectivity index (χ1v) is 13.6. The highest BCUT2D eigenvalue weighted by molar-refractivity contribution is 6.03. The molecule has 5 aliphatic rings. The van der Waals surface area contributed by atoms with Gasteiger partial charge in [-0.15, -0.1) is 0 Å². The Balaban J connectivity index is 1.28. The summed E-state index contributed by atoms with van der Waals surface area (Å²) >= 11 is 0. The highest BCUT2D eigenvalue weighted by Crippen LogP contribution is 2.57. The number of ether oxygens (including phenoxy) is 1. The van der Waals surface area contributed by atoms with Crippen molar-refractivity contribution in [3.8, 4) is 0 Å². The fraction of sp³-hybridized carbons (Fsp3) is 0.621. The van der Waals surface area contributed by atoms with E-state index in [-0.39, 0.29) is 29.8 Å². The third kappa shape index (κ3) is 3.53. The molecule has 6 rings (SSSR count). The first-order chi connectivity index (χ1) is 17.2. The third-order valence-corrected chi connectivity index (χ3v) is 9.61. The molecule has 3 heterocycles. The molecule has 36 heavy (non-hydrogen) atoms.